The molecule has 5 aromatic rings. The molecule has 0 unspecified atom stereocenters. The van der Waals surface area contributed by atoms with E-state index in [0.717, 1.165) is 28.5 Å². The molecule has 5 aromatic heterocycles. The van der Waals surface area contributed by atoms with Gasteiger partial charge in [-0.05, 0) is 19.1 Å². The molecule has 0 atom stereocenters. The van der Waals surface area contributed by atoms with E-state index in [0.29, 0.717) is 18.0 Å². The normalized spacial score (nSPS) is 11.6. The summed E-state index contributed by atoms with van der Waals surface area (Å²) in [6, 6.07) is 3.90. The number of aryl methyl sites for hydroxylation is 1. The van der Waals surface area contributed by atoms with Crippen LogP contribution < -0.4 is 0 Å². The Balaban J connectivity index is 1.43. The van der Waals surface area contributed by atoms with E-state index in [1.165, 1.54) is 4.88 Å². The number of imidazole rings is 2. The number of nitrogens with zero attached hydrogens (tertiary/aromatic N) is 7. The Morgan fingerprint density at radius 1 is 0.962 bits per heavy atom. The van der Waals surface area contributed by atoms with Crippen molar-refractivity contribution >= 4 is 22.9 Å². The Kier molecular flexibility index (Phi) is 3.49. The zero-order chi connectivity index (χ0) is 17.5. The molecule has 0 aliphatic rings. The molecule has 0 saturated carbocycles. The van der Waals surface area contributed by atoms with Gasteiger partial charge in [0.1, 0.15) is 0 Å². The molecular weight excluding hydrogens is 346 g/mol. The minimum Gasteiger partial charge on any atom is -0.291 e. The molecule has 0 fully saturated rings. The monoisotopic (exact) mass is 361 g/mol. The molecule has 0 aliphatic carbocycles. The third kappa shape index (κ3) is 2.74. The predicted octanol–water partition coefficient (Wildman–Crippen LogP) is 2.72. The lowest BCUT2D eigenvalue weighted by molar-refractivity contribution is 0.956. The van der Waals surface area contributed by atoms with Crippen molar-refractivity contribution < 1.29 is 0 Å². The van der Waals surface area contributed by atoms with Crippen LogP contribution in [0.4, 0.5) is 0 Å². The fourth-order valence-electron chi connectivity index (χ4n) is 2.97. The van der Waals surface area contributed by atoms with E-state index in [1.54, 1.807) is 17.5 Å². The Bertz CT molecular complexity index is 1180. The summed E-state index contributed by atoms with van der Waals surface area (Å²) in [4.78, 5) is 23.6. The standard InChI is InChI=1S/C18H15N7S/c1-12-9-20-16(26-12)8-15-10-21-18-22-13(3-6-25(15)18)7-14-11-24-5-2-4-19-17(24)23-14/h2-6,9-11H,7-8H2,1H3. The molecule has 8 heteroatoms. The maximum absolute atomic E-state index is 4.67. The van der Waals surface area contributed by atoms with Gasteiger partial charge in [0.2, 0.25) is 11.6 Å². The fraction of sp³-hybridized carbons (Fsp3) is 0.167. The minimum atomic E-state index is 0.647. The third-order valence-corrected chi connectivity index (χ3v) is 5.08. The van der Waals surface area contributed by atoms with Crippen LogP contribution in [0.5, 0.6) is 0 Å². The fourth-order valence-corrected chi connectivity index (χ4v) is 3.78. The maximum atomic E-state index is 4.67. The first kappa shape index (κ1) is 15.2. The average molecular weight is 361 g/mol. The van der Waals surface area contributed by atoms with E-state index in [2.05, 4.69) is 31.8 Å². The molecule has 0 saturated heterocycles. The molecule has 0 bridgehead atoms. The zero-order valence-corrected chi connectivity index (χ0v) is 14.9. The summed E-state index contributed by atoms with van der Waals surface area (Å²) in [5.74, 6) is 1.40. The summed E-state index contributed by atoms with van der Waals surface area (Å²) in [6.45, 7) is 2.07. The van der Waals surface area contributed by atoms with Gasteiger partial charge >= 0.3 is 0 Å². The van der Waals surface area contributed by atoms with Crippen molar-refractivity contribution in [2.75, 3.05) is 0 Å². The van der Waals surface area contributed by atoms with Crippen molar-refractivity contribution in [3.05, 3.63) is 76.3 Å². The van der Waals surface area contributed by atoms with Crippen molar-refractivity contribution in [2.45, 2.75) is 19.8 Å². The molecule has 7 nitrogen and oxygen atoms in total. The highest BCUT2D eigenvalue weighted by Crippen LogP contribution is 2.17. The van der Waals surface area contributed by atoms with Crippen LogP contribution in [0.25, 0.3) is 11.6 Å². The van der Waals surface area contributed by atoms with E-state index < -0.39 is 0 Å². The minimum absolute atomic E-state index is 0.647. The first-order valence-electron chi connectivity index (χ1n) is 8.26. The second-order valence-electron chi connectivity index (χ2n) is 6.12. The average Bonchev–Trinajstić information content (AvgIpc) is 3.34. The molecule has 26 heavy (non-hydrogen) atoms. The lowest BCUT2D eigenvalue weighted by Gasteiger charge is -2.01. The number of hydrogen-bond donors (Lipinski definition) is 0. The van der Waals surface area contributed by atoms with Crippen LogP contribution in [0.15, 0.2) is 49.3 Å². The number of hydrogen-bond acceptors (Lipinski definition) is 6. The largest absolute Gasteiger partial charge is 0.291 e. The second kappa shape index (κ2) is 5.99. The van der Waals surface area contributed by atoms with E-state index in [9.17, 15) is 0 Å². The van der Waals surface area contributed by atoms with Crippen LogP contribution >= 0.6 is 11.3 Å². The third-order valence-electron chi connectivity index (χ3n) is 4.16. The Morgan fingerprint density at radius 3 is 2.73 bits per heavy atom. The van der Waals surface area contributed by atoms with Gasteiger partial charge in [-0.2, -0.15) is 0 Å². The van der Waals surface area contributed by atoms with Crippen LogP contribution in [0.1, 0.15) is 27.0 Å². The first-order chi connectivity index (χ1) is 12.7. The van der Waals surface area contributed by atoms with E-state index in [4.69, 9.17) is 0 Å². The zero-order valence-electron chi connectivity index (χ0n) is 14.1. The summed E-state index contributed by atoms with van der Waals surface area (Å²) < 4.78 is 3.93. The van der Waals surface area contributed by atoms with Gasteiger partial charge in [0.15, 0.2) is 0 Å². The summed E-state index contributed by atoms with van der Waals surface area (Å²) in [5.41, 5.74) is 2.96. The van der Waals surface area contributed by atoms with Gasteiger partial charge in [0.25, 0.3) is 0 Å². The topological polar surface area (TPSA) is 73.3 Å². The SMILES string of the molecule is Cc1cnc(Cc2cnc3nc(Cc4cn5cccnc5n4)ccn23)s1. The molecule has 0 aromatic carbocycles. The highest BCUT2D eigenvalue weighted by Gasteiger charge is 2.10. The molecule has 5 rings (SSSR count). The molecule has 0 amide bonds. The molecule has 0 spiro atoms. The van der Waals surface area contributed by atoms with Gasteiger partial charge < -0.3 is 0 Å². The van der Waals surface area contributed by atoms with Crippen LogP contribution in [0, 0.1) is 6.92 Å². The number of rotatable bonds is 4. The number of aromatic nitrogens is 7. The maximum Gasteiger partial charge on any atom is 0.234 e. The number of thiazole rings is 1. The van der Waals surface area contributed by atoms with Crippen molar-refractivity contribution in [3.63, 3.8) is 0 Å². The quantitative estimate of drug-likeness (QED) is 0.492. The summed E-state index contributed by atoms with van der Waals surface area (Å²) in [5, 5.41) is 1.09. The molecule has 0 aliphatic heterocycles. The summed E-state index contributed by atoms with van der Waals surface area (Å²) in [6.07, 6.45) is 12.9. The predicted molar refractivity (Wildman–Crippen MR) is 98.4 cm³/mol. The number of fused-ring (bicyclic) bond motifs is 2. The van der Waals surface area contributed by atoms with E-state index >= 15 is 0 Å². The Morgan fingerprint density at radius 2 is 1.88 bits per heavy atom. The van der Waals surface area contributed by atoms with Crippen LogP contribution in [0.3, 0.4) is 0 Å². The van der Waals surface area contributed by atoms with Gasteiger partial charge in [0.05, 0.1) is 28.3 Å². The summed E-state index contributed by atoms with van der Waals surface area (Å²) >= 11 is 1.71. The molecule has 0 radical (unpaired) electrons. The molecular formula is C18H15N7S. The molecule has 128 valence electrons. The molecule has 5 heterocycles. The van der Waals surface area contributed by atoms with Crippen molar-refractivity contribution in [1.29, 1.82) is 0 Å². The highest BCUT2D eigenvalue weighted by molar-refractivity contribution is 7.11. The second-order valence-corrected chi connectivity index (χ2v) is 7.44. The van der Waals surface area contributed by atoms with Gasteiger partial charge in [-0.25, -0.2) is 24.9 Å². The Hall–Kier alpha value is -3.13. The van der Waals surface area contributed by atoms with Crippen LogP contribution in [-0.2, 0) is 12.8 Å². The Labute approximate surface area is 153 Å². The van der Waals surface area contributed by atoms with Crippen molar-refractivity contribution in [3.8, 4) is 0 Å². The van der Waals surface area contributed by atoms with Crippen LogP contribution in [-0.4, -0.2) is 33.7 Å². The highest BCUT2D eigenvalue weighted by atomic mass is 32.1. The van der Waals surface area contributed by atoms with E-state index in [-0.39, 0.29) is 0 Å². The lowest BCUT2D eigenvalue weighted by atomic mass is 10.2. The van der Waals surface area contributed by atoms with E-state index in [1.807, 2.05) is 51.9 Å². The smallest absolute Gasteiger partial charge is 0.234 e. The van der Waals surface area contributed by atoms with Gasteiger partial charge in [-0.1, -0.05) is 0 Å². The summed E-state index contributed by atoms with van der Waals surface area (Å²) in [7, 11) is 0. The van der Waals surface area contributed by atoms with Gasteiger partial charge in [0, 0.05) is 48.7 Å². The van der Waals surface area contributed by atoms with Crippen LogP contribution in [0.2, 0.25) is 0 Å². The van der Waals surface area contributed by atoms with Crippen molar-refractivity contribution in [1.82, 2.24) is 33.7 Å². The van der Waals surface area contributed by atoms with Gasteiger partial charge in [-0.3, -0.25) is 8.80 Å². The van der Waals surface area contributed by atoms with Crippen molar-refractivity contribution in [2.24, 2.45) is 0 Å². The molecule has 0 N–H and O–H groups in total. The first-order valence-corrected chi connectivity index (χ1v) is 9.08. The van der Waals surface area contributed by atoms with Gasteiger partial charge in [-0.15, -0.1) is 11.3 Å². The lowest BCUT2D eigenvalue weighted by Crippen LogP contribution is -1.99.